The maximum Gasteiger partial charge on any atom is 0.255 e. The molecule has 0 unspecified atom stereocenters. The minimum absolute atomic E-state index is 0.169. The average molecular weight is 376 g/mol. The summed E-state index contributed by atoms with van der Waals surface area (Å²) in [6, 6.07) is 16.8. The van der Waals surface area contributed by atoms with Crippen LogP contribution in [0.4, 0.5) is 5.69 Å². The third kappa shape index (κ3) is 3.44. The number of halogens is 1. The van der Waals surface area contributed by atoms with Gasteiger partial charge in [-0.15, -0.1) is 0 Å². The molecule has 0 saturated heterocycles. The topological polar surface area (TPSA) is 46.4 Å². The number of benzene rings is 2. The normalized spacial score (nSPS) is 10.9. The Labute approximate surface area is 162 Å². The summed E-state index contributed by atoms with van der Waals surface area (Å²) in [6.45, 7) is 4.01. The van der Waals surface area contributed by atoms with Crippen LogP contribution in [0.5, 0.6) is 0 Å². The van der Waals surface area contributed by atoms with Crippen LogP contribution in [0.25, 0.3) is 16.9 Å². The predicted octanol–water partition coefficient (Wildman–Crippen LogP) is 5.52. The first-order valence-electron chi connectivity index (χ1n) is 8.63. The van der Waals surface area contributed by atoms with E-state index in [0.717, 1.165) is 33.7 Å². The molecule has 0 bridgehead atoms. The summed E-state index contributed by atoms with van der Waals surface area (Å²) >= 11 is 5.89. The van der Waals surface area contributed by atoms with Gasteiger partial charge in [-0.25, -0.2) is 4.98 Å². The van der Waals surface area contributed by atoms with Crippen molar-refractivity contribution in [2.24, 2.45) is 0 Å². The second kappa shape index (κ2) is 6.89. The van der Waals surface area contributed by atoms with Crippen molar-refractivity contribution in [1.29, 1.82) is 0 Å². The quantitative estimate of drug-likeness (QED) is 0.512. The van der Waals surface area contributed by atoms with E-state index in [1.165, 1.54) is 0 Å². The Balaban J connectivity index is 1.67. The van der Waals surface area contributed by atoms with Crippen LogP contribution in [-0.4, -0.2) is 15.3 Å². The van der Waals surface area contributed by atoms with Gasteiger partial charge in [0, 0.05) is 34.2 Å². The summed E-state index contributed by atoms with van der Waals surface area (Å²) in [6.07, 6.45) is 3.98. The van der Waals surface area contributed by atoms with Crippen molar-refractivity contribution < 1.29 is 4.79 Å². The molecule has 1 amide bonds. The molecule has 0 aliphatic carbocycles. The van der Waals surface area contributed by atoms with Crippen molar-refractivity contribution in [2.75, 3.05) is 5.32 Å². The summed E-state index contributed by atoms with van der Waals surface area (Å²) in [7, 11) is 0. The number of hydrogen-bond acceptors (Lipinski definition) is 2. The van der Waals surface area contributed by atoms with E-state index in [0.29, 0.717) is 10.6 Å². The summed E-state index contributed by atoms with van der Waals surface area (Å²) in [5.41, 5.74) is 6.18. The monoisotopic (exact) mass is 375 g/mol. The number of hydrogen-bond donors (Lipinski definition) is 1. The summed E-state index contributed by atoms with van der Waals surface area (Å²) < 4.78 is 2.01. The van der Waals surface area contributed by atoms with Gasteiger partial charge >= 0.3 is 0 Å². The molecule has 0 radical (unpaired) electrons. The van der Waals surface area contributed by atoms with E-state index in [9.17, 15) is 4.79 Å². The highest BCUT2D eigenvalue weighted by Gasteiger charge is 2.11. The van der Waals surface area contributed by atoms with E-state index in [4.69, 9.17) is 16.6 Å². The van der Waals surface area contributed by atoms with E-state index in [2.05, 4.69) is 5.32 Å². The number of carbonyl (C=O) groups excluding carboxylic acids is 1. The van der Waals surface area contributed by atoms with E-state index in [1.807, 2.05) is 61.0 Å². The molecule has 4 nitrogen and oxygen atoms in total. The molecule has 2 heterocycles. The van der Waals surface area contributed by atoms with Gasteiger partial charge in [0.25, 0.3) is 5.91 Å². The van der Waals surface area contributed by atoms with Crippen LogP contribution in [0, 0.1) is 13.8 Å². The van der Waals surface area contributed by atoms with Crippen LogP contribution in [0.15, 0.2) is 67.0 Å². The number of aromatic nitrogens is 2. The second-order valence-corrected chi connectivity index (χ2v) is 6.98. The largest absolute Gasteiger partial charge is 0.322 e. The highest BCUT2D eigenvalue weighted by atomic mass is 35.5. The molecule has 0 aliphatic heterocycles. The van der Waals surface area contributed by atoms with Gasteiger partial charge in [-0.2, -0.15) is 0 Å². The van der Waals surface area contributed by atoms with Gasteiger partial charge in [-0.3, -0.25) is 4.79 Å². The number of carbonyl (C=O) groups is 1. The molecular formula is C22H18ClN3O. The lowest BCUT2D eigenvalue weighted by molar-refractivity contribution is 0.102. The molecule has 27 heavy (non-hydrogen) atoms. The number of imidazole rings is 1. The lowest BCUT2D eigenvalue weighted by atomic mass is 10.1. The van der Waals surface area contributed by atoms with Crippen LogP contribution in [0.2, 0.25) is 5.02 Å². The Morgan fingerprint density at radius 1 is 1.04 bits per heavy atom. The molecule has 0 spiro atoms. The van der Waals surface area contributed by atoms with Gasteiger partial charge in [-0.05, 0) is 61.4 Å². The van der Waals surface area contributed by atoms with Gasteiger partial charge < -0.3 is 9.72 Å². The Kier molecular flexibility index (Phi) is 4.42. The molecule has 5 heteroatoms. The maximum atomic E-state index is 12.5. The lowest BCUT2D eigenvalue weighted by Gasteiger charge is -2.10. The fraction of sp³-hybridized carbons (Fsp3) is 0.0909. The van der Waals surface area contributed by atoms with Crippen LogP contribution >= 0.6 is 11.6 Å². The van der Waals surface area contributed by atoms with Crippen LogP contribution < -0.4 is 5.32 Å². The number of aryl methyl sites for hydroxylation is 2. The molecule has 4 rings (SSSR count). The van der Waals surface area contributed by atoms with Crippen molar-refractivity contribution in [3.63, 3.8) is 0 Å². The van der Waals surface area contributed by atoms with Gasteiger partial charge in [0.1, 0.15) is 5.65 Å². The van der Waals surface area contributed by atoms with Crippen LogP contribution in [-0.2, 0) is 0 Å². The Morgan fingerprint density at radius 2 is 1.81 bits per heavy atom. The first-order valence-corrected chi connectivity index (χ1v) is 9.01. The lowest BCUT2D eigenvalue weighted by Crippen LogP contribution is -2.12. The van der Waals surface area contributed by atoms with E-state index < -0.39 is 0 Å². The predicted molar refractivity (Wildman–Crippen MR) is 110 cm³/mol. The third-order valence-electron chi connectivity index (χ3n) is 4.57. The Morgan fingerprint density at radius 3 is 2.56 bits per heavy atom. The SMILES string of the molecule is Cc1ccc(-c2cn3cccc(C)c3n2)cc1NC(=O)c1ccc(Cl)cc1. The highest BCUT2D eigenvalue weighted by Crippen LogP contribution is 2.26. The van der Waals surface area contributed by atoms with Gasteiger partial charge in [0.2, 0.25) is 0 Å². The zero-order chi connectivity index (χ0) is 19.0. The number of nitrogens with zero attached hydrogens (tertiary/aromatic N) is 2. The molecule has 2 aromatic carbocycles. The fourth-order valence-electron chi connectivity index (χ4n) is 3.00. The number of anilines is 1. The van der Waals surface area contributed by atoms with Crippen LogP contribution in [0.3, 0.4) is 0 Å². The maximum absolute atomic E-state index is 12.5. The van der Waals surface area contributed by atoms with E-state index in [1.54, 1.807) is 24.3 Å². The highest BCUT2D eigenvalue weighted by molar-refractivity contribution is 6.30. The molecule has 0 fully saturated rings. The average Bonchev–Trinajstić information content (AvgIpc) is 3.10. The molecule has 1 N–H and O–H groups in total. The number of nitrogens with one attached hydrogen (secondary N) is 1. The molecular weight excluding hydrogens is 358 g/mol. The third-order valence-corrected chi connectivity index (χ3v) is 4.82. The summed E-state index contributed by atoms with van der Waals surface area (Å²) in [5, 5.41) is 3.59. The molecule has 2 aromatic heterocycles. The van der Waals surface area contributed by atoms with Gasteiger partial charge in [0.05, 0.1) is 5.69 Å². The standard InChI is InChI=1S/C22H18ClN3O/c1-14-5-6-17(20-13-26-11-3-4-15(2)21(26)24-20)12-19(14)25-22(27)16-7-9-18(23)10-8-16/h3-13H,1-2H3,(H,25,27). The number of amides is 1. The van der Waals surface area contributed by atoms with E-state index in [-0.39, 0.29) is 5.91 Å². The first-order chi connectivity index (χ1) is 13.0. The molecule has 0 saturated carbocycles. The van der Waals surface area contributed by atoms with E-state index >= 15 is 0 Å². The van der Waals surface area contributed by atoms with Crippen molar-refractivity contribution in [1.82, 2.24) is 9.38 Å². The summed E-state index contributed by atoms with van der Waals surface area (Å²) in [4.78, 5) is 17.3. The Hall–Kier alpha value is -3.11. The minimum atomic E-state index is -0.169. The number of fused-ring (bicyclic) bond motifs is 1. The zero-order valence-electron chi connectivity index (χ0n) is 15.0. The smallest absolute Gasteiger partial charge is 0.255 e. The van der Waals surface area contributed by atoms with Crippen molar-refractivity contribution in [2.45, 2.75) is 13.8 Å². The Bertz CT molecular complexity index is 1150. The van der Waals surface area contributed by atoms with Crippen molar-refractivity contribution >= 4 is 28.8 Å². The summed E-state index contributed by atoms with van der Waals surface area (Å²) in [5.74, 6) is -0.169. The fourth-order valence-corrected chi connectivity index (χ4v) is 3.13. The van der Waals surface area contributed by atoms with Crippen molar-refractivity contribution in [3.05, 3.63) is 88.7 Å². The van der Waals surface area contributed by atoms with Gasteiger partial charge in [0.15, 0.2) is 0 Å². The minimum Gasteiger partial charge on any atom is -0.322 e. The first kappa shape index (κ1) is 17.3. The molecule has 134 valence electrons. The number of pyridine rings is 1. The van der Waals surface area contributed by atoms with Gasteiger partial charge in [-0.1, -0.05) is 29.8 Å². The number of rotatable bonds is 3. The second-order valence-electron chi connectivity index (χ2n) is 6.54. The molecule has 0 atom stereocenters. The van der Waals surface area contributed by atoms with Crippen molar-refractivity contribution in [3.8, 4) is 11.3 Å². The molecule has 0 aliphatic rings. The molecule has 4 aromatic rings. The van der Waals surface area contributed by atoms with Crippen LogP contribution in [0.1, 0.15) is 21.5 Å². The zero-order valence-corrected chi connectivity index (χ0v) is 15.8.